The number of fused-ring (bicyclic) bond motifs is 2. The number of primary amides is 1. The molecule has 9 N–H and O–H groups in total. The molecule has 1 aliphatic carbocycles. The van der Waals surface area contributed by atoms with Crippen molar-refractivity contribution in [2.75, 3.05) is 70.0 Å². The molecule has 0 radical (unpaired) electrons. The van der Waals surface area contributed by atoms with E-state index in [9.17, 15) is 53.4 Å². The number of ether oxygens (including phenoxy) is 4. The minimum atomic E-state index is -1.62. The van der Waals surface area contributed by atoms with E-state index in [1.54, 1.807) is 57.2 Å². The number of unbranched alkanes of at least 4 members (excludes halogenated alkanes) is 2. The van der Waals surface area contributed by atoms with E-state index in [0.717, 1.165) is 16.9 Å². The summed E-state index contributed by atoms with van der Waals surface area (Å²) in [4.78, 5) is 140. The molecule has 0 saturated carbocycles. The first-order valence-corrected chi connectivity index (χ1v) is 35.1. The molecular weight excluding hydrogens is 1320 g/mol. The number of methoxy groups -OCH3 is 1. The number of carbonyl (C=O) groups is 9. The van der Waals surface area contributed by atoms with Crippen LogP contribution in [0.2, 0.25) is 0 Å². The third kappa shape index (κ3) is 19.7. The number of esters is 1. The zero-order valence-electron chi connectivity index (χ0n) is 61.1. The molecule has 27 heteroatoms. The number of quaternary nitrogens is 1. The first-order chi connectivity index (χ1) is 48.8. The highest BCUT2D eigenvalue weighted by Crippen LogP contribution is 2.49. The number of Topliss-reactive ketones (excluding diaryl/α,β-unsaturated/α-hetero) is 1. The average molecular weight is 1420 g/mol. The summed E-state index contributed by atoms with van der Waals surface area (Å²) in [5.74, 6) is -5.80. The highest BCUT2D eigenvalue weighted by Gasteiger charge is 2.43. The molecule has 27 nitrogen and oxygen atoms in total. The van der Waals surface area contributed by atoms with Gasteiger partial charge in [-0.1, -0.05) is 78.3 Å². The van der Waals surface area contributed by atoms with Gasteiger partial charge in [-0.15, -0.1) is 0 Å². The van der Waals surface area contributed by atoms with Crippen molar-refractivity contribution in [2.24, 2.45) is 35.3 Å². The number of urea groups is 1. The molecule has 4 heterocycles. The van der Waals surface area contributed by atoms with Crippen LogP contribution in [0.3, 0.4) is 0 Å². The Morgan fingerprint density at radius 1 is 0.893 bits per heavy atom. The Bertz CT molecular complexity index is 4160. The second-order valence-electron chi connectivity index (χ2n) is 28.5. The molecule has 554 valence electrons. The summed E-state index contributed by atoms with van der Waals surface area (Å²) in [6, 6.07) is 7.70. The normalized spacial score (nSPS) is 21.4. The second-order valence-corrected chi connectivity index (χ2v) is 28.5. The quantitative estimate of drug-likeness (QED) is 0.00674. The standard InChI is InChI=1S/C76H98N10O17/c1-41(2)62(81-56(89)23-15-14-16-33-85-57(90)28-29-58(85)91)74(97)80-52(22-18-31-78-76(77)98)73(96)79-50-26-24-49(25-27-50)40-86(11,12)34-19-32-84(10)51-38-53(88)63-55(39-51)102-71-64(82-63)59-60-66(92)47(8)70-61(59)68(94)75(103-70)100-35-30-54(99-13)46(7)69(101-48(9)87)45(6)37-43(4)36-42(3)20-17-21-44(5)72(95)83-65(71)67(60)93/h17,20-21,24-30,35,38-39,41-43,45-46,52,54,62,69,75H,14-16,18-19,22-23,31-34,36-37,40H2,1-13H3,(H8-,77,78,79,80,81,82,83,88,89,90,91,92,93,94,95,96,97,98)/p+1/b20-17+,35-30+,44-21-/t42-,43+,45+,46+,52-,54-,62-,69-,75-/m0/s1. The van der Waals surface area contributed by atoms with Gasteiger partial charge in [0.2, 0.25) is 28.9 Å². The number of allylic oxidation sites excluding steroid dienone is 3. The van der Waals surface area contributed by atoms with E-state index >= 15 is 4.79 Å². The lowest BCUT2D eigenvalue weighted by molar-refractivity contribution is -0.903. The summed E-state index contributed by atoms with van der Waals surface area (Å²) >= 11 is 0. The molecule has 8 rings (SSSR count). The predicted octanol–water partition coefficient (Wildman–Crippen LogP) is 8.92. The SMILES string of the molecule is CO[C@H]1/C=C/O[C@H]2Oc3c(C)c(O)c4c(=O)c(c5oc6cc(N(C)CCC[N+](C)(C)Cc7ccc(NC(=O)[C@H](CCCNC(N)=O)NC(=O)[C@@H](NC(=O)CCCCCN8C(=O)C=CC8=O)C(C)C)cc7)cc(O)c6nc-5c4c3C2=O)NC(=O)/C(C)=C\C=C\[C@H](C)C[C@@H](C)C[C@@H](C)[C@H](OC(C)=O)[C@@H]1C. The van der Waals surface area contributed by atoms with E-state index in [-0.39, 0.29) is 147 Å². The molecule has 0 saturated heterocycles. The van der Waals surface area contributed by atoms with Crippen molar-refractivity contribution in [3.8, 4) is 28.7 Å². The van der Waals surface area contributed by atoms with Crippen LogP contribution in [0.1, 0.15) is 135 Å². The van der Waals surface area contributed by atoms with Gasteiger partial charge in [-0.25, -0.2) is 9.78 Å². The Hall–Kier alpha value is -10.2. The van der Waals surface area contributed by atoms with Crippen LogP contribution in [0.25, 0.3) is 33.3 Å². The first-order valence-electron chi connectivity index (χ1n) is 35.1. The number of rotatable bonds is 25. The van der Waals surface area contributed by atoms with Gasteiger partial charge >= 0.3 is 18.3 Å². The predicted molar refractivity (Wildman–Crippen MR) is 389 cm³/mol. The van der Waals surface area contributed by atoms with E-state index in [1.807, 2.05) is 44.0 Å². The fourth-order valence-corrected chi connectivity index (χ4v) is 13.7. The Balaban J connectivity index is 0.980. The summed E-state index contributed by atoms with van der Waals surface area (Å²) in [6.07, 6.45) is 12.1. The van der Waals surface area contributed by atoms with Crippen molar-refractivity contribution in [2.45, 2.75) is 157 Å². The van der Waals surface area contributed by atoms with Gasteiger partial charge in [0, 0.05) is 117 Å². The Morgan fingerprint density at radius 2 is 1.60 bits per heavy atom. The monoisotopic (exact) mass is 1420 g/mol. The van der Waals surface area contributed by atoms with Gasteiger partial charge in [0.05, 0.1) is 44.0 Å². The molecule has 0 unspecified atom stereocenters. The summed E-state index contributed by atoms with van der Waals surface area (Å²) in [7, 11) is 7.51. The molecule has 4 aliphatic heterocycles. The van der Waals surface area contributed by atoms with Crippen LogP contribution in [0.5, 0.6) is 17.2 Å². The van der Waals surface area contributed by atoms with Gasteiger partial charge in [0.1, 0.15) is 58.9 Å². The van der Waals surface area contributed by atoms with Crippen LogP contribution < -0.4 is 47.4 Å². The van der Waals surface area contributed by atoms with Gasteiger partial charge in [0.15, 0.2) is 11.3 Å². The molecule has 3 aromatic carbocycles. The Kier molecular flexibility index (Phi) is 26.5. The number of nitrogens with zero attached hydrogens (tertiary/aromatic N) is 4. The number of phenols is 2. The zero-order chi connectivity index (χ0) is 75.3. The number of ketones is 1. The van der Waals surface area contributed by atoms with E-state index in [1.165, 1.54) is 45.4 Å². The number of benzene rings is 4. The summed E-state index contributed by atoms with van der Waals surface area (Å²) in [5, 5.41) is 37.1. The summed E-state index contributed by atoms with van der Waals surface area (Å²) in [5.41, 5.74) is 5.86. The number of anilines is 3. The highest BCUT2D eigenvalue weighted by atomic mass is 16.7. The molecule has 0 spiro atoms. The van der Waals surface area contributed by atoms with Crippen molar-refractivity contribution in [3.63, 3.8) is 0 Å². The third-order valence-electron chi connectivity index (χ3n) is 19.1. The largest absolute Gasteiger partial charge is 0.507 e. The van der Waals surface area contributed by atoms with Crippen LogP contribution in [0.4, 0.5) is 21.9 Å². The van der Waals surface area contributed by atoms with Gasteiger partial charge in [-0.2, -0.15) is 0 Å². The molecule has 9 atom stereocenters. The number of amides is 8. The van der Waals surface area contributed by atoms with Crippen molar-refractivity contribution >= 4 is 92.2 Å². The Labute approximate surface area is 599 Å². The van der Waals surface area contributed by atoms with Gasteiger partial charge in [0.25, 0.3) is 17.7 Å². The van der Waals surface area contributed by atoms with Crippen molar-refractivity contribution in [3.05, 3.63) is 112 Å². The number of imide groups is 1. The van der Waals surface area contributed by atoms with Crippen LogP contribution >= 0.6 is 0 Å². The molecule has 3 aromatic rings. The van der Waals surface area contributed by atoms with Crippen LogP contribution in [0, 0.1) is 36.5 Å². The lowest BCUT2D eigenvalue weighted by atomic mass is 9.82. The Morgan fingerprint density at radius 3 is 2.27 bits per heavy atom. The topological polar surface area (TPSA) is 367 Å². The number of nitrogens with one attached hydrogen (secondary N) is 5. The summed E-state index contributed by atoms with van der Waals surface area (Å²) in [6.45, 7) is 18.2. The summed E-state index contributed by atoms with van der Waals surface area (Å²) < 4.78 is 31.1. The van der Waals surface area contributed by atoms with Crippen molar-refractivity contribution in [1.82, 2.24) is 25.8 Å². The number of hydrogen-bond donors (Lipinski definition) is 8. The highest BCUT2D eigenvalue weighted by molar-refractivity contribution is 6.21. The lowest BCUT2D eigenvalue weighted by Gasteiger charge is -2.33. The van der Waals surface area contributed by atoms with E-state index < -0.39 is 77.3 Å². The molecule has 4 bridgehead atoms. The number of carbonyl (C=O) groups excluding carboxylic acids is 9. The fraction of sp³-hybridized carbons (Fsp3) is 0.487. The minimum absolute atomic E-state index is 0.0202. The van der Waals surface area contributed by atoms with E-state index in [4.69, 9.17) is 34.1 Å². The van der Waals surface area contributed by atoms with E-state index in [2.05, 4.69) is 54.5 Å². The van der Waals surface area contributed by atoms with Gasteiger partial charge in [-0.3, -0.25) is 48.1 Å². The molecule has 0 aromatic heterocycles. The smallest absolute Gasteiger partial charge is 0.312 e. The molecule has 103 heavy (non-hydrogen) atoms. The third-order valence-corrected chi connectivity index (χ3v) is 19.1. The zero-order valence-corrected chi connectivity index (χ0v) is 61.1. The maximum Gasteiger partial charge on any atom is 0.312 e. The van der Waals surface area contributed by atoms with Gasteiger partial charge in [-0.05, 0) is 94.3 Å². The molecular formula is C76H99N10O17+. The first kappa shape index (κ1) is 78.6. The van der Waals surface area contributed by atoms with Crippen LogP contribution in [0.15, 0.2) is 93.9 Å². The van der Waals surface area contributed by atoms with E-state index in [0.29, 0.717) is 67.6 Å². The average Bonchev–Trinajstić information content (AvgIpc) is 1.70. The van der Waals surface area contributed by atoms with Crippen molar-refractivity contribution in [1.29, 1.82) is 0 Å². The number of nitrogens with two attached hydrogens (primary N) is 1. The lowest BCUT2D eigenvalue weighted by Crippen LogP contribution is -2.54. The number of phenolic OH excluding ortho intramolecular Hbond substituents is 2. The number of aromatic hydroxyl groups is 2. The van der Waals surface area contributed by atoms with Gasteiger partial charge < -0.3 is 75.3 Å². The van der Waals surface area contributed by atoms with Crippen molar-refractivity contribution < 1.29 is 81.2 Å². The van der Waals surface area contributed by atoms with Crippen LogP contribution in [-0.2, 0) is 54.3 Å². The number of aromatic nitrogens is 1. The number of hydrogen-bond acceptors (Lipinski definition) is 19. The second kappa shape index (κ2) is 34.7. The molecule has 8 amide bonds. The minimum Gasteiger partial charge on any atom is -0.507 e. The molecule has 5 aliphatic rings. The maximum absolute atomic E-state index is 15.1. The maximum atomic E-state index is 15.1. The fourth-order valence-electron chi connectivity index (χ4n) is 13.7. The molecule has 0 fully saturated rings. The van der Waals surface area contributed by atoms with Crippen LogP contribution in [-0.4, -0.2) is 163 Å².